The van der Waals surface area contributed by atoms with E-state index in [1.807, 2.05) is 48.5 Å². The Hall–Kier alpha value is -2.81. The minimum atomic E-state index is -0.883. The first-order chi connectivity index (χ1) is 18.0. The molecule has 3 atom stereocenters. The van der Waals surface area contributed by atoms with Crippen LogP contribution in [0.5, 0.6) is 17.2 Å². The van der Waals surface area contributed by atoms with Gasteiger partial charge in [0.25, 0.3) is 0 Å². The summed E-state index contributed by atoms with van der Waals surface area (Å²) in [4.78, 5) is 14.8. The molecule has 1 aliphatic rings. The van der Waals surface area contributed by atoms with E-state index in [4.69, 9.17) is 14.2 Å². The number of unbranched alkanes of at least 4 members (excludes halogenated alkanes) is 2. The zero-order chi connectivity index (χ0) is 26.5. The van der Waals surface area contributed by atoms with Gasteiger partial charge in [-0.05, 0) is 61.2 Å². The van der Waals surface area contributed by atoms with E-state index in [0.717, 1.165) is 43.1 Å². The monoisotopic (exact) mass is 514 g/mol. The lowest BCUT2D eigenvalue weighted by Crippen LogP contribution is -2.47. The van der Waals surface area contributed by atoms with Gasteiger partial charge in [0.15, 0.2) is 0 Å². The van der Waals surface area contributed by atoms with Crippen molar-refractivity contribution in [2.24, 2.45) is 0 Å². The molecule has 0 unspecified atom stereocenters. The fourth-order valence-electron chi connectivity index (χ4n) is 4.39. The zero-order valence-corrected chi connectivity index (χ0v) is 22.1. The van der Waals surface area contributed by atoms with Crippen LogP contribution in [0.1, 0.15) is 57.1 Å². The Morgan fingerprint density at radius 2 is 1.62 bits per heavy atom. The number of ether oxygens (including phenoxy) is 3. The molecule has 8 heteroatoms. The van der Waals surface area contributed by atoms with Crippen molar-refractivity contribution >= 4 is 5.91 Å². The molecule has 3 rings (SSSR count). The van der Waals surface area contributed by atoms with Crippen LogP contribution in [-0.4, -0.2) is 73.1 Å². The molecule has 0 spiro atoms. The second-order valence-corrected chi connectivity index (χ2v) is 9.57. The van der Waals surface area contributed by atoms with E-state index in [9.17, 15) is 15.0 Å². The zero-order valence-electron chi connectivity index (χ0n) is 22.1. The van der Waals surface area contributed by atoms with Gasteiger partial charge in [-0.15, -0.1) is 0 Å². The molecule has 204 valence electrons. The summed E-state index contributed by atoms with van der Waals surface area (Å²) in [6, 6.07) is 14.2. The molecule has 1 saturated heterocycles. The third-order valence-corrected chi connectivity index (χ3v) is 6.54. The Morgan fingerprint density at radius 1 is 1.00 bits per heavy atom. The van der Waals surface area contributed by atoms with Gasteiger partial charge in [0.2, 0.25) is 5.91 Å². The maximum atomic E-state index is 12.8. The van der Waals surface area contributed by atoms with Crippen molar-refractivity contribution in [2.75, 3.05) is 40.0 Å². The summed E-state index contributed by atoms with van der Waals surface area (Å²) >= 11 is 0. The number of aliphatic hydroxyl groups excluding tert-OH is 2. The number of nitrogens with zero attached hydrogens (tertiary/aromatic N) is 1. The minimum Gasteiger partial charge on any atom is -0.497 e. The predicted molar refractivity (Wildman–Crippen MR) is 143 cm³/mol. The summed E-state index contributed by atoms with van der Waals surface area (Å²) in [5.74, 6) is 2.11. The van der Waals surface area contributed by atoms with Gasteiger partial charge in [-0.1, -0.05) is 31.9 Å². The average molecular weight is 515 g/mol. The molecule has 8 nitrogen and oxygen atoms in total. The highest BCUT2D eigenvalue weighted by Crippen LogP contribution is 2.23. The predicted octanol–water partition coefficient (Wildman–Crippen LogP) is 3.71. The second kappa shape index (κ2) is 15.4. The number of amides is 1. The molecule has 1 aliphatic heterocycles. The van der Waals surface area contributed by atoms with Crippen LogP contribution in [0.3, 0.4) is 0 Å². The highest BCUT2D eigenvalue weighted by molar-refractivity contribution is 5.76. The minimum absolute atomic E-state index is 0.141. The molecule has 0 bridgehead atoms. The number of aliphatic hydroxyl groups is 2. The van der Waals surface area contributed by atoms with Gasteiger partial charge in [-0.25, -0.2) is 0 Å². The molecule has 0 radical (unpaired) electrons. The van der Waals surface area contributed by atoms with E-state index < -0.39 is 12.1 Å². The second-order valence-electron chi connectivity index (χ2n) is 9.57. The van der Waals surface area contributed by atoms with Gasteiger partial charge >= 0.3 is 0 Å². The van der Waals surface area contributed by atoms with Crippen LogP contribution in [-0.2, 0) is 4.79 Å². The van der Waals surface area contributed by atoms with Gasteiger partial charge < -0.3 is 29.7 Å². The topological polar surface area (TPSA) is 100 Å². The largest absolute Gasteiger partial charge is 0.497 e. The van der Waals surface area contributed by atoms with Gasteiger partial charge in [0.1, 0.15) is 23.4 Å². The van der Waals surface area contributed by atoms with Crippen molar-refractivity contribution in [3.63, 3.8) is 0 Å². The quantitative estimate of drug-likeness (QED) is 0.294. The molecule has 0 saturated carbocycles. The average Bonchev–Trinajstić information content (AvgIpc) is 3.33. The molecule has 0 aliphatic carbocycles. The van der Waals surface area contributed by atoms with E-state index in [2.05, 4.69) is 17.1 Å². The number of nitrogens with one attached hydrogen (secondary N) is 1. The first-order valence-electron chi connectivity index (χ1n) is 13.4. The van der Waals surface area contributed by atoms with Gasteiger partial charge in [0.05, 0.1) is 32.5 Å². The molecule has 1 fully saturated rings. The van der Waals surface area contributed by atoms with Crippen LogP contribution in [0.25, 0.3) is 0 Å². The Balaban J connectivity index is 1.52. The summed E-state index contributed by atoms with van der Waals surface area (Å²) in [5.41, 5.74) is 0.716. The summed E-state index contributed by atoms with van der Waals surface area (Å²) in [5, 5.41) is 24.1. The Bertz CT molecular complexity index is 921. The maximum absolute atomic E-state index is 12.8. The standard InChI is InChI=1S/C29H42N2O6/c1-3-4-5-18-36-25-10-8-22(9-11-25)29(34)27(21-31-17-16-23(32)20-31)30-28(33)7-6-19-37-26-14-12-24(35-2)13-15-26/h8-15,23,27,29,32,34H,3-7,16-21H2,1-2H3,(H,30,33)/t23-,27+,29+/m0/s1. The van der Waals surface area contributed by atoms with Crippen LogP contribution >= 0.6 is 0 Å². The molecule has 37 heavy (non-hydrogen) atoms. The maximum Gasteiger partial charge on any atom is 0.220 e. The molecule has 3 N–H and O–H groups in total. The van der Waals surface area contributed by atoms with Crippen LogP contribution in [0.15, 0.2) is 48.5 Å². The lowest BCUT2D eigenvalue weighted by molar-refractivity contribution is -0.123. The third kappa shape index (κ3) is 9.87. The molecule has 1 amide bonds. The van der Waals surface area contributed by atoms with Crippen LogP contribution < -0.4 is 19.5 Å². The number of carbonyl (C=O) groups is 1. The third-order valence-electron chi connectivity index (χ3n) is 6.54. The number of likely N-dealkylation sites (tertiary alicyclic amines) is 1. The van der Waals surface area contributed by atoms with E-state index in [1.54, 1.807) is 7.11 Å². The van der Waals surface area contributed by atoms with Gasteiger partial charge in [-0.2, -0.15) is 0 Å². The number of carbonyl (C=O) groups excluding carboxylic acids is 1. The van der Waals surface area contributed by atoms with E-state index >= 15 is 0 Å². The first-order valence-corrected chi connectivity index (χ1v) is 13.4. The fourth-order valence-corrected chi connectivity index (χ4v) is 4.39. The number of rotatable bonds is 16. The Kier molecular flexibility index (Phi) is 12.0. The normalized spacial score (nSPS) is 17.2. The number of hydrogen-bond donors (Lipinski definition) is 3. The van der Waals surface area contributed by atoms with Gasteiger partial charge in [-0.3, -0.25) is 9.69 Å². The van der Waals surface area contributed by atoms with Crippen LogP contribution in [0.4, 0.5) is 0 Å². The van der Waals surface area contributed by atoms with Crippen LogP contribution in [0.2, 0.25) is 0 Å². The van der Waals surface area contributed by atoms with Crippen molar-refractivity contribution in [1.82, 2.24) is 10.2 Å². The highest BCUT2D eigenvalue weighted by atomic mass is 16.5. The summed E-state index contributed by atoms with van der Waals surface area (Å²) in [6.45, 7) is 4.98. The number of hydrogen-bond acceptors (Lipinski definition) is 7. The molecule has 2 aromatic carbocycles. The summed E-state index contributed by atoms with van der Waals surface area (Å²) in [6.07, 6.45) is 3.58. The molecule has 0 aromatic heterocycles. The van der Waals surface area contributed by atoms with E-state index in [-0.39, 0.29) is 18.4 Å². The van der Waals surface area contributed by atoms with E-state index in [1.165, 1.54) is 0 Å². The van der Waals surface area contributed by atoms with Crippen molar-refractivity contribution in [1.29, 1.82) is 0 Å². The lowest BCUT2D eigenvalue weighted by atomic mass is 10.0. The number of methoxy groups -OCH3 is 1. The van der Waals surface area contributed by atoms with Gasteiger partial charge in [0, 0.05) is 26.1 Å². The van der Waals surface area contributed by atoms with E-state index in [0.29, 0.717) is 44.7 Å². The Morgan fingerprint density at radius 3 is 2.22 bits per heavy atom. The number of β-amino-alcohol motifs (C(OH)–C–C–N with tert-alkyl or cyclic N) is 1. The number of benzene rings is 2. The highest BCUT2D eigenvalue weighted by Gasteiger charge is 2.28. The van der Waals surface area contributed by atoms with Crippen molar-refractivity contribution in [2.45, 2.75) is 63.7 Å². The SMILES string of the molecule is CCCCCOc1ccc([C@@H](O)[C@@H](CN2CC[C@H](O)C2)NC(=O)CCCOc2ccc(OC)cc2)cc1. The van der Waals surface area contributed by atoms with Crippen molar-refractivity contribution in [3.05, 3.63) is 54.1 Å². The fraction of sp³-hybridized carbons (Fsp3) is 0.552. The summed E-state index contributed by atoms with van der Waals surface area (Å²) < 4.78 is 16.6. The van der Waals surface area contributed by atoms with Crippen molar-refractivity contribution < 1.29 is 29.2 Å². The smallest absolute Gasteiger partial charge is 0.220 e. The molecule has 2 aromatic rings. The van der Waals surface area contributed by atoms with Crippen LogP contribution in [0, 0.1) is 0 Å². The lowest BCUT2D eigenvalue weighted by Gasteiger charge is -2.29. The molecular formula is C29H42N2O6. The molecule has 1 heterocycles. The first kappa shape index (κ1) is 28.8. The summed E-state index contributed by atoms with van der Waals surface area (Å²) in [7, 11) is 1.61. The Labute approximate surface area is 220 Å². The van der Waals surface area contributed by atoms with Crippen molar-refractivity contribution in [3.8, 4) is 17.2 Å². The molecular weight excluding hydrogens is 472 g/mol.